The second-order valence-corrected chi connectivity index (χ2v) is 7.43. The first-order valence-corrected chi connectivity index (χ1v) is 10.3. The molecule has 3 aromatic rings. The number of aromatic nitrogens is 2. The minimum absolute atomic E-state index is 0.0526. The summed E-state index contributed by atoms with van der Waals surface area (Å²) in [4.78, 5) is 32.3. The Hall–Kier alpha value is -3.15. The van der Waals surface area contributed by atoms with Crippen molar-refractivity contribution in [3.05, 3.63) is 54.1 Å². The number of fused-ring (bicyclic) bond motifs is 3. The van der Waals surface area contributed by atoms with Gasteiger partial charge < -0.3 is 5.32 Å². The Morgan fingerprint density at radius 1 is 1.10 bits per heavy atom. The molecule has 0 spiro atoms. The Morgan fingerprint density at radius 3 is 2.59 bits per heavy atom. The molecule has 29 heavy (non-hydrogen) atoms. The molecule has 0 unspecified atom stereocenters. The molecule has 1 aliphatic heterocycles. The van der Waals surface area contributed by atoms with E-state index in [1.807, 2.05) is 53.1 Å². The third-order valence-electron chi connectivity index (χ3n) is 5.44. The molecule has 0 aliphatic carbocycles. The largest absolute Gasteiger partial charge is 0.326 e. The number of anilines is 2. The van der Waals surface area contributed by atoms with E-state index < -0.39 is 6.04 Å². The zero-order valence-corrected chi connectivity index (χ0v) is 16.9. The first-order valence-electron chi connectivity index (χ1n) is 10.3. The number of unbranched alkanes of at least 4 members (excludes halogenated alkanes) is 1. The predicted molar refractivity (Wildman–Crippen MR) is 115 cm³/mol. The van der Waals surface area contributed by atoms with Crippen LogP contribution in [0.5, 0.6) is 0 Å². The molecule has 2 aromatic carbocycles. The van der Waals surface area contributed by atoms with Gasteiger partial charge in [0.15, 0.2) is 0 Å². The lowest BCUT2D eigenvalue weighted by molar-refractivity contribution is -0.124. The van der Waals surface area contributed by atoms with Crippen LogP contribution in [0.4, 0.5) is 11.6 Å². The molecule has 6 heteroatoms. The van der Waals surface area contributed by atoms with Crippen LogP contribution in [0.15, 0.2) is 48.5 Å². The molecule has 2 heterocycles. The van der Waals surface area contributed by atoms with Gasteiger partial charge in [-0.2, -0.15) is 0 Å². The van der Waals surface area contributed by atoms with E-state index in [-0.39, 0.29) is 18.2 Å². The molecule has 2 amide bonds. The summed E-state index contributed by atoms with van der Waals surface area (Å²) in [6.07, 6.45) is 2.93. The maximum absolute atomic E-state index is 13.1. The fraction of sp³-hybridized carbons (Fsp3) is 0.348. The molecule has 1 N–H and O–H groups in total. The highest BCUT2D eigenvalue weighted by Gasteiger charge is 2.40. The molecule has 4 rings (SSSR count). The van der Waals surface area contributed by atoms with Crippen molar-refractivity contribution in [1.82, 2.24) is 9.55 Å². The molecule has 0 saturated heterocycles. The topological polar surface area (TPSA) is 67.2 Å². The maximum Gasteiger partial charge on any atom is 0.253 e. The number of nitrogens with zero attached hydrogens (tertiary/aromatic N) is 3. The van der Waals surface area contributed by atoms with Crippen LogP contribution in [-0.4, -0.2) is 27.9 Å². The van der Waals surface area contributed by atoms with Crippen molar-refractivity contribution in [2.24, 2.45) is 0 Å². The van der Waals surface area contributed by atoms with Crippen molar-refractivity contribution in [2.75, 3.05) is 16.8 Å². The summed E-state index contributed by atoms with van der Waals surface area (Å²) in [5, 5.41) is 2.93. The van der Waals surface area contributed by atoms with Crippen molar-refractivity contribution < 1.29 is 9.59 Å². The summed E-state index contributed by atoms with van der Waals surface area (Å²) < 4.78 is 1.92. The fourth-order valence-electron chi connectivity index (χ4n) is 3.83. The van der Waals surface area contributed by atoms with Crippen LogP contribution in [0.2, 0.25) is 0 Å². The second-order valence-electron chi connectivity index (χ2n) is 7.43. The molecule has 150 valence electrons. The smallest absolute Gasteiger partial charge is 0.253 e. The van der Waals surface area contributed by atoms with Crippen LogP contribution in [0.1, 0.15) is 44.7 Å². The van der Waals surface area contributed by atoms with Gasteiger partial charge >= 0.3 is 0 Å². The zero-order chi connectivity index (χ0) is 20.4. The normalized spacial score (nSPS) is 15.7. The van der Waals surface area contributed by atoms with E-state index >= 15 is 0 Å². The molecule has 0 radical (unpaired) electrons. The molecule has 0 fully saturated rings. The summed E-state index contributed by atoms with van der Waals surface area (Å²) in [6, 6.07) is 15.0. The number of hydrogen-bond acceptors (Lipinski definition) is 3. The average molecular weight is 390 g/mol. The van der Waals surface area contributed by atoms with Crippen LogP contribution < -0.4 is 10.2 Å². The number of carbonyl (C=O) groups excluding carboxylic acids is 2. The highest BCUT2D eigenvalue weighted by Crippen LogP contribution is 2.36. The van der Waals surface area contributed by atoms with Crippen molar-refractivity contribution in [3.63, 3.8) is 0 Å². The van der Waals surface area contributed by atoms with Crippen molar-refractivity contribution in [1.29, 1.82) is 0 Å². The molecular formula is C23H26N4O2. The highest BCUT2D eigenvalue weighted by atomic mass is 16.2. The predicted octanol–water partition coefficient (Wildman–Crippen LogP) is 4.32. The number of aryl methyl sites for hydroxylation is 1. The van der Waals surface area contributed by atoms with Crippen LogP contribution >= 0.6 is 0 Å². The molecule has 0 saturated carbocycles. The Morgan fingerprint density at radius 2 is 1.86 bits per heavy atom. The molecule has 0 bridgehead atoms. The van der Waals surface area contributed by atoms with Crippen molar-refractivity contribution >= 4 is 34.5 Å². The SMILES string of the molecule is CCCCN1C(=O)[C@H](CC(=O)Nc2ccc(CC)cc2)n2c1nc1ccccc12. The van der Waals surface area contributed by atoms with E-state index in [0.717, 1.165) is 36.0 Å². The lowest BCUT2D eigenvalue weighted by Crippen LogP contribution is -2.32. The van der Waals surface area contributed by atoms with Gasteiger partial charge in [0.25, 0.3) is 5.91 Å². The van der Waals surface area contributed by atoms with E-state index in [1.54, 1.807) is 4.90 Å². The lowest BCUT2D eigenvalue weighted by Gasteiger charge is -2.15. The van der Waals surface area contributed by atoms with Gasteiger partial charge in [-0.15, -0.1) is 0 Å². The minimum atomic E-state index is -0.566. The van der Waals surface area contributed by atoms with E-state index in [1.165, 1.54) is 5.56 Å². The Balaban J connectivity index is 1.59. The first kappa shape index (κ1) is 19.2. The third kappa shape index (κ3) is 3.62. The summed E-state index contributed by atoms with van der Waals surface area (Å²) in [7, 11) is 0. The molecule has 1 atom stereocenters. The fourth-order valence-corrected chi connectivity index (χ4v) is 3.83. The van der Waals surface area contributed by atoms with Crippen LogP contribution in [0, 0.1) is 0 Å². The van der Waals surface area contributed by atoms with E-state index in [9.17, 15) is 9.59 Å². The lowest BCUT2D eigenvalue weighted by atomic mass is 10.1. The Bertz CT molecular complexity index is 1040. The number of nitrogens with one attached hydrogen (secondary N) is 1. The Kier molecular flexibility index (Phi) is 5.34. The number of hydrogen-bond donors (Lipinski definition) is 1. The van der Waals surface area contributed by atoms with Gasteiger partial charge in [-0.05, 0) is 42.7 Å². The Labute approximate surface area is 170 Å². The molecule has 1 aliphatic rings. The number of imidazole rings is 1. The highest BCUT2D eigenvalue weighted by molar-refractivity contribution is 6.05. The standard InChI is InChI=1S/C23H26N4O2/c1-3-5-14-26-22(29)20(27-19-9-7-6-8-18(19)25-23(26)27)15-21(28)24-17-12-10-16(4-2)11-13-17/h6-13,20H,3-5,14-15H2,1-2H3,(H,24,28)/t20-/m0/s1. The van der Waals surface area contributed by atoms with E-state index in [4.69, 9.17) is 0 Å². The molecule has 1 aromatic heterocycles. The van der Waals surface area contributed by atoms with E-state index in [2.05, 4.69) is 24.1 Å². The quantitative estimate of drug-likeness (QED) is 0.653. The van der Waals surface area contributed by atoms with Crippen LogP contribution in [0.3, 0.4) is 0 Å². The van der Waals surface area contributed by atoms with Gasteiger partial charge in [0, 0.05) is 12.2 Å². The summed E-state index contributed by atoms with van der Waals surface area (Å²) >= 11 is 0. The van der Waals surface area contributed by atoms with E-state index in [0.29, 0.717) is 12.5 Å². The second kappa shape index (κ2) is 8.07. The number of amides is 2. The van der Waals surface area contributed by atoms with Crippen LogP contribution in [0.25, 0.3) is 11.0 Å². The van der Waals surface area contributed by atoms with Gasteiger partial charge in [-0.3, -0.25) is 19.1 Å². The van der Waals surface area contributed by atoms with Crippen molar-refractivity contribution in [2.45, 2.75) is 45.6 Å². The summed E-state index contributed by atoms with van der Waals surface area (Å²) in [6.45, 7) is 4.81. The monoisotopic (exact) mass is 390 g/mol. The number of rotatable bonds is 7. The maximum atomic E-state index is 13.1. The van der Waals surface area contributed by atoms with Gasteiger partial charge in [0.2, 0.25) is 11.9 Å². The van der Waals surface area contributed by atoms with Gasteiger partial charge in [-0.1, -0.05) is 44.5 Å². The number of para-hydroxylation sites is 2. The molecule has 6 nitrogen and oxygen atoms in total. The van der Waals surface area contributed by atoms with Gasteiger partial charge in [0.1, 0.15) is 6.04 Å². The van der Waals surface area contributed by atoms with Crippen LogP contribution in [-0.2, 0) is 16.0 Å². The zero-order valence-electron chi connectivity index (χ0n) is 16.9. The average Bonchev–Trinajstić information content (AvgIpc) is 3.22. The van der Waals surface area contributed by atoms with Crippen molar-refractivity contribution in [3.8, 4) is 0 Å². The van der Waals surface area contributed by atoms with Gasteiger partial charge in [-0.25, -0.2) is 4.98 Å². The summed E-state index contributed by atoms with van der Waals surface area (Å²) in [5.41, 5.74) is 3.70. The minimum Gasteiger partial charge on any atom is -0.326 e. The molecular weight excluding hydrogens is 364 g/mol. The number of carbonyl (C=O) groups is 2. The van der Waals surface area contributed by atoms with Gasteiger partial charge in [0.05, 0.1) is 17.5 Å². The number of benzene rings is 2. The summed E-state index contributed by atoms with van der Waals surface area (Å²) in [5.74, 6) is 0.423. The first-order chi connectivity index (χ1) is 14.1. The third-order valence-corrected chi connectivity index (χ3v) is 5.44.